The molecule has 0 aliphatic heterocycles. The fraction of sp³-hybridized carbons (Fsp3) is 0. The number of rotatable bonds is 8. The lowest BCUT2D eigenvalue weighted by Crippen LogP contribution is -2.03. The Morgan fingerprint density at radius 1 is 0.429 bits per heavy atom. The maximum atomic E-state index is 11.5. The van der Waals surface area contributed by atoms with E-state index in [9.17, 15) is 10.1 Å². The van der Waals surface area contributed by atoms with Crippen molar-refractivity contribution in [2.45, 2.75) is 0 Å². The third kappa shape index (κ3) is 7.80. The van der Waals surface area contributed by atoms with E-state index in [0.717, 1.165) is 78.2 Å². The van der Waals surface area contributed by atoms with Crippen LogP contribution in [0.5, 0.6) is 0 Å². The van der Waals surface area contributed by atoms with Gasteiger partial charge < -0.3 is 9.55 Å². The topological polar surface area (TPSA) is 120 Å². The van der Waals surface area contributed by atoms with E-state index in [0.29, 0.717) is 17.3 Å². The fourth-order valence-electron chi connectivity index (χ4n) is 9.19. The molecule has 0 bridgehead atoms. The first-order valence-electron chi connectivity index (χ1n) is 22.9. The second-order valence-corrected chi connectivity index (χ2v) is 16.8. The lowest BCUT2D eigenvalue weighted by Gasteiger charge is -2.11. The molecular formula is C60H40N8O2. The van der Waals surface area contributed by atoms with Crippen molar-refractivity contribution < 1.29 is 4.92 Å². The van der Waals surface area contributed by atoms with Gasteiger partial charge in [-0.1, -0.05) is 164 Å². The smallest absolute Gasteiger partial charge is 0.277 e. The van der Waals surface area contributed by atoms with Crippen LogP contribution >= 0.6 is 0 Å². The maximum absolute atomic E-state index is 11.5. The molecule has 8 aromatic carbocycles. The molecule has 332 valence electrons. The minimum atomic E-state index is -0.348. The van der Waals surface area contributed by atoms with Crippen LogP contribution < -0.4 is 0 Å². The Morgan fingerprint density at radius 3 is 1.67 bits per heavy atom. The van der Waals surface area contributed by atoms with Crippen molar-refractivity contribution >= 4 is 49.3 Å². The van der Waals surface area contributed by atoms with Gasteiger partial charge in [-0.15, -0.1) is 0 Å². The van der Waals surface area contributed by atoms with Crippen LogP contribution in [0, 0.1) is 10.1 Å². The molecule has 0 atom stereocenters. The number of para-hydroxylation sites is 2. The van der Waals surface area contributed by atoms with Gasteiger partial charge in [-0.2, -0.15) is 0 Å². The minimum Gasteiger partial charge on any atom is -0.354 e. The number of nitrogens with one attached hydrogen (secondary N) is 1. The third-order valence-electron chi connectivity index (χ3n) is 12.6. The first kappa shape index (κ1) is 41.6. The normalized spacial score (nSPS) is 11.3. The van der Waals surface area contributed by atoms with Crippen LogP contribution in [-0.4, -0.2) is 39.0 Å². The van der Waals surface area contributed by atoms with Crippen LogP contribution in [0.25, 0.3) is 112 Å². The number of nitrogens with zero attached hydrogens (tertiary/aromatic N) is 7. The lowest BCUT2D eigenvalue weighted by molar-refractivity contribution is -0.384. The van der Waals surface area contributed by atoms with E-state index in [1.807, 2.05) is 144 Å². The summed E-state index contributed by atoms with van der Waals surface area (Å²) in [4.78, 5) is 34.5. The summed E-state index contributed by atoms with van der Waals surface area (Å²) in [6.45, 7) is 0. The zero-order chi connectivity index (χ0) is 47.0. The molecule has 0 aliphatic rings. The number of fused-ring (bicyclic) bond motifs is 6. The van der Waals surface area contributed by atoms with Gasteiger partial charge in [0.2, 0.25) is 5.95 Å². The summed E-state index contributed by atoms with van der Waals surface area (Å²) in [5, 5.41) is 16.1. The van der Waals surface area contributed by atoms with Gasteiger partial charge in [0.25, 0.3) is 5.69 Å². The monoisotopic (exact) mass is 904 g/mol. The Balaban J connectivity index is 0.000000144. The molecule has 70 heavy (non-hydrogen) atoms. The molecule has 0 unspecified atom stereocenters. The number of hydrogen-bond donors (Lipinski definition) is 1. The fourth-order valence-corrected chi connectivity index (χ4v) is 9.19. The number of aromatic amines is 1. The van der Waals surface area contributed by atoms with E-state index >= 15 is 0 Å². The van der Waals surface area contributed by atoms with E-state index in [1.54, 1.807) is 12.1 Å². The second kappa shape index (κ2) is 17.8. The zero-order valence-corrected chi connectivity index (χ0v) is 37.5. The van der Waals surface area contributed by atoms with Crippen LogP contribution in [0.15, 0.2) is 237 Å². The number of nitro groups is 1. The molecule has 0 radical (unpaired) electrons. The second-order valence-electron chi connectivity index (χ2n) is 16.8. The first-order chi connectivity index (χ1) is 34.5. The van der Waals surface area contributed by atoms with E-state index in [4.69, 9.17) is 19.9 Å². The van der Waals surface area contributed by atoms with Crippen molar-refractivity contribution in [2.75, 3.05) is 0 Å². The summed E-state index contributed by atoms with van der Waals surface area (Å²) < 4.78 is 4.11. The van der Waals surface area contributed by atoms with Gasteiger partial charge in [-0.25, -0.2) is 19.9 Å². The first-order valence-corrected chi connectivity index (χ1v) is 22.9. The molecular weight excluding hydrogens is 865 g/mol. The predicted octanol–water partition coefficient (Wildman–Crippen LogP) is 14.7. The summed E-state index contributed by atoms with van der Waals surface area (Å²) in [5.74, 6) is 2.12. The number of benzene rings is 8. The number of aromatic nitrogens is 7. The molecule has 0 fully saturated rings. The molecule has 13 aromatic rings. The van der Waals surface area contributed by atoms with E-state index < -0.39 is 0 Å². The average molecular weight is 905 g/mol. The molecule has 1 N–H and O–H groups in total. The molecule has 10 heteroatoms. The third-order valence-corrected chi connectivity index (χ3v) is 12.6. The maximum Gasteiger partial charge on any atom is 0.277 e. The van der Waals surface area contributed by atoms with Crippen molar-refractivity contribution in [3.8, 4) is 68.1 Å². The summed E-state index contributed by atoms with van der Waals surface area (Å²) in [5.41, 5.74) is 12.4. The van der Waals surface area contributed by atoms with E-state index in [-0.39, 0.29) is 10.6 Å². The minimum absolute atomic E-state index is 0.0858. The summed E-state index contributed by atoms with van der Waals surface area (Å²) >= 11 is 0. The lowest BCUT2D eigenvalue weighted by atomic mass is 10.0. The van der Waals surface area contributed by atoms with Crippen molar-refractivity contribution in [1.29, 1.82) is 0 Å². The van der Waals surface area contributed by atoms with Gasteiger partial charge in [-0.3, -0.25) is 14.7 Å². The summed E-state index contributed by atoms with van der Waals surface area (Å²) in [6.07, 6.45) is 4.04. The highest BCUT2D eigenvalue weighted by Gasteiger charge is 2.18. The molecule has 0 saturated carbocycles. The standard InChI is InChI=1S/C30H20N4O2.C30H20N4/c35-34(36)29-14-8-7-13-25(29)23-15-16-28-24(19-23)17-18-33(28)30-31-26(21-9-3-1-4-10-21)20-27(32-30)22-11-5-2-6-12-22;1-3-9-20(10-4-1)26-19-28(33-30(32-26)21-11-5-2-6-12-21)34-18-17-24-27(34)16-15-23-22-13-7-8-14-25(22)31-29(23)24/h1-20H;1-19,31H. The van der Waals surface area contributed by atoms with Crippen molar-refractivity contribution in [3.63, 3.8) is 0 Å². The molecule has 5 heterocycles. The Hall–Kier alpha value is -9.80. The number of nitro benzene ring substituents is 1. The Kier molecular flexibility index (Phi) is 10.6. The zero-order valence-electron chi connectivity index (χ0n) is 37.5. The van der Waals surface area contributed by atoms with Gasteiger partial charge >= 0.3 is 0 Å². The Bertz CT molecular complexity index is 3920. The summed E-state index contributed by atoms with van der Waals surface area (Å²) in [7, 11) is 0. The van der Waals surface area contributed by atoms with Gasteiger partial charge in [0.15, 0.2) is 5.82 Å². The van der Waals surface area contributed by atoms with Crippen molar-refractivity contribution in [1.82, 2.24) is 34.1 Å². The van der Waals surface area contributed by atoms with Crippen LogP contribution in [0.1, 0.15) is 0 Å². The molecule has 5 aromatic heterocycles. The van der Waals surface area contributed by atoms with Gasteiger partial charge in [0, 0.05) is 73.8 Å². The van der Waals surface area contributed by atoms with Gasteiger partial charge in [0.1, 0.15) is 5.82 Å². The highest BCUT2D eigenvalue weighted by molar-refractivity contribution is 6.16. The highest BCUT2D eigenvalue weighted by Crippen LogP contribution is 2.35. The molecule has 0 aliphatic carbocycles. The largest absolute Gasteiger partial charge is 0.354 e. The highest BCUT2D eigenvalue weighted by atomic mass is 16.6. The van der Waals surface area contributed by atoms with Gasteiger partial charge in [0.05, 0.1) is 44.1 Å². The summed E-state index contributed by atoms with van der Waals surface area (Å²) in [6, 6.07) is 74.2. The molecule has 0 saturated heterocycles. The van der Waals surface area contributed by atoms with Crippen LogP contribution in [-0.2, 0) is 0 Å². The average Bonchev–Trinajstić information content (AvgIpc) is 4.17. The number of hydrogen-bond acceptors (Lipinski definition) is 6. The van der Waals surface area contributed by atoms with Crippen LogP contribution in [0.2, 0.25) is 0 Å². The predicted molar refractivity (Wildman–Crippen MR) is 281 cm³/mol. The van der Waals surface area contributed by atoms with Crippen LogP contribution in [0.3, 0.4) is 0 Å². The van der Waals surface area contributed by atoms with Crippen molar-refractivity contribution in [3.05, 3.63) is 247 Å². The SMILES string of the molecule is O=[N+]([O-])c1ccccc1-c1ccc2c(ccn2-c2nc(-c3ccccc3)cc(-c3ccccc3)n2)c1.c1ccc(-c2cc(-n3ccc4c5[nH]c6ccccc6c5ccc43)nc(-c3ccccc3)n2)cc1. The molecule has 10 nitrogen and oxygen atoms in total. The Morgan fingerprint density at radius 2 is 1.00 bits per heavy atom. The van der Waals surface area contributed by atoms with Gasteiger partial charge in [-0.05, 0) is 54.1 Å². The molecule has 0 amide bonds. The Labute approximate surface area is 401 Å². The molecule has 0 spiro atoms. The number of H-pyrrole nitrogens is 1. The van der Waals surface area contributed by atoms with E-state index in [2.05, 4.69) is 88.5 Å². The van der Waals surface area contributed by atoms with Crippen molar-refractivity contribution in [2.24, 2.45) is 0 Å². The molecule has 13 rings (SSSR count). The quantitative estimate of drug-likeness (QED) is 0.120. The van der Waals surface area contributed by atoms with E-state index in [1.165, 1.54) is 22.2 Å². The van der Waals surface area contributed by atoms with Crippen LogP contribution in [0.4, 0.5) is 5.69 Å².